The Kier molecular flexibility index (Phi) is 9.45. The highest BCUT2D eigenvalue weighted by molar-refractivity contribution is 8.23. The summed E-state index contributed by atoms with van der Waals surface area (Å²) in [6.45, 7) is 8.66. The minimum atomic E-state index is -2.94. The highest BCUT2D eigenvalue weighted by Gasteiger charge is 2.35. The van der Waals surface area contributed by atoms with Gasteiger partial charge in [-0.25, -0.2) is 0 Å². The van der Waals surface area contributed by atoms with Crippen LogP contribution in [0.4, 0.5) is 0 Å². The van der Waals surface area contributed by atoms with Crippen molar-refractivity contribution in [2.75, 3.05) is 24.7 Å². The first kappa shape index (κ1) is 15.9. The summed E-state index contributed by atoms with van der Waals surface area (Å²) < 4.78 is 23.0. The molecule has 0 aliphatic heterocycles. The van der Waals surface area contributed by atoms with Crippen LogP contribution >= 0.6 is 31.1 Å². The molecule has 0 atom stereocenters. The van der Waals surface area contributed by atoms with Gasteiger partial charge in [-0.05, 0) is 25.4 Å². The molecule has 0 saturated carbocycles. The van der Waals surface area contributed by atoms with Gasteiger partial charge >= 0.3 is 7.60 Å². The van der Waals surface area contributed by atoms with E-state index in [4.69, 9.17) is 9.05 Å². The summed E-state index contributed by atoms with van der Waals surface area (Å²) in [5, 5.41) is 0. The lowest BCUT2D eigenvalue weighted by molar-refractivity contribution is 0.222. The Morgan fingerprint density at radius 1 is 1.00 bits per heavy atom. The van der Waals surface area contributed by atoms with Gasteiger partial charge in [0.25, 0.3) is 0 Å². The Labute approximate surface area is 102 Å². The molecule has 0 amide bonds. The molecule has 0 aromatic rings. The van der Waals surface area contributed by atoms with Gasteiger partial charge in [-0.2, -0.15) is 0 Å². The van der Waals surface area contributed by atoms with E-state index in [1.807, 2.05) is 13.8 Å². The van der Waals surface area contributed by atoms with Crippen LogP contribution < -0.4 is 0 Å². The Balaban J connectivity index is 4.56. The van der Waals surface area contributed by atoms with Crippen molar-refractivity contribution in [1.82, 2.24) is 0 Å². The van der Waals surface area contributed by atoms with E-state index < -0.39 is 7.60 Å². The van der Waals surface area contributed by atoms with Crippen LogP contribution in [0.25, 0.3) is 0 Å². The quantitative estimate of drug-likeness (QED) is 0.467. The molecule has 3 nitrogen and oxygen atoms in total. The van der Waals surface area contributed by atoms with Crippen molar-refractivity contribution in [3.8, 4) is 0 Å². The van der Waals surface area contributed by atoms with Crippen LogP contribution in [-0.2, 0) is 13.6 Å². The summed E-state index contributed by atoms with van der Waals surface area (Å²) in [4.78, 5) is 0. The van der Waals surface area contributed by atoms with Crippen LogP contribution in [0, 0.1) is 0 Å². The molecule has 0 unspecified atom stereocenters. The number of hydrogen-bond acceptors (Lipinski definition) is 5. The zero-order valence-corrected chi connectivity index (χ0v) is 12.4. The molecule has 0 aliphatic rings. The van der Waals surface area contributed by atoms with E-state index in [1.54, 1.807) is 23.5 Å². The van der Waals surface area contributed by atoms with Crippen molar-refractivity contribution in [2.24, 2.45) is 0 Å². The monoisotopic (exact) mass is 272 g/mol. The summed E-state index contributed by atoms with van der Waals surface area (Å²) in [5.41, 5.74) is 0. The van der Waals surface area contributed by atoms with Crippen LogP contribution in [0.1, 0.15) is 27.7 Å². The van der Waals surface area contributed by atoms with Crippen LogP contribution in [-0.4, -0.2) is 29.0 Å². The Morgan fingerprint density at radius 3 is 1.67 bits per heavy atom. The number of thioether (sulfide) groups is 2. The van der Waals surface area contributed by atoms with E-state index in [-0.39, 0.29) is 4.32 Å². The second-order valence-electron chi connectivity index (χ2n) is 2.59. The van der Waals surface area contributed by atoms with Gasteiger partial charge < -0.3 is 9.05 Å². The number of rotatable bonds is 9. The molecule has 0 saturated heterocycles. The topological polar surface area (TPSA) is 35.5 Å². The molecule has 92 valence electrons. The molecule has 0 N–H and O–H groups in total. The fourth-order valence-electron chi connectivity index (χ4n) is 1.03. The predicted octanol–water partition coefficient (Wildman–Crippen LogP) is 4.04. The molecule has 0 heterocycles. The molecule has 6 heteroatoms. The van der Waals surface area contributed by atoms with Gasteiger partial charge in [0.15, 0.2) is 4.32 Å². The van der Waals surface area contributed by atoms with Crippen molar-refractivity contribution in [3.05, 3.63) is 0 Å². The van der Waals surface area contributed by atoms with E-state index in [1.165, 1.54) is 0 Å². The number of hydrogen-bond donors (Lipinski definition) is 0. The van der Waals surface area contributed by atoms with Gasteiger partial charge in [0.05, 0.1) is 13.2 Å². The summed E-state index contributed by atoms with van der Waals surface area (Å²) in [6, 6.07) is 0. The summed E-state index contributed by atoms with van der Waals surface area (Å²) >= 11 is 3.28. The van der Waals surface area contributed by atoms with E-state index in [2.05, 4.69) is 13.8 Å². The summed E-state index contributed by atoms with van der Waals surface area (Å²) in [6.07, 6.45) is 0. The van der Waals surface area contributed by atoms with Crippen LogP contribution in [0.3, 0.4) is 0 Å². The van der Waals surface area contributed by atoms with E-state index in [9.17, 15) is 4.57 Å². The zero-order chi connectivity index (χ0) is 11.7. The molecule has 0 aromatic carbocycles. The fraction of sp³-hybridized carbons (Fsp3) is 1.00. The molecule has 0 fully saturated rings. The SMILES string of the molecule is CCOP(=O)(OCC)C(SCC)SCC. The van der Waals surface area contributed by atoms with Gasteiger partial charge in [-0.3, -0.25) is 4.57 Å². The van der Waals surface area contributed by atoms with Gasteiger partial charge in [-0.1, -0.05) is 13.8 Å². The fourth-order valence-corrected chi connectivity index (χ4v) is 6.93. The standard InChI is InChI=1S/C9H21O3PS2/c1-5-11-13(10,12-6-2)9(14-7-3)15-8-4/h9H,5-8H2,1-4H3. The minimum Gasteiger partial charge on any atom is -0.308 e. The van der Waals surface area contributed by atoms with Crippen LogP contribution in [0.5, 0.6) is 0 Å². The summed E-state index contributed by atoms with van der Waals surface area (Å²) in [7, 11) is -2.94. The van der Waals surface area contributed by atoms with Crippen molar-refractivity contribution in [2.45, 2.75) is 32.0 Å². The predicted molar refractivity (Wildman–Crippen MR) is 70.9 cm³/mol. The smallest absolute Gasteiger partial charge is 0.308 e. The second-order valence-corrected chi connectivity index (χ2v) is 8.47. The Hall–Kier alpha value is 0.850. The third-order valence-electron chi connectivity index (χ3n) is 1.49. The lowest BCUT2D eigenvalue weighted by atomic mass is 10.9. The van der Waals surface area contributed by atoms with Crippen LogP contribution in [0.15, 0.2) is 0 Å². The summed E-state index contributed by atoms with van der Waals surface area (Å²) in [5.74, 6) is 1.84. The Morgan fingerprint density at radius 2 is 1.40 bits per heavy atom. The average molecular weight is 272 g/mol. The van der Waals surface area contributed by atoms with Gasteiger partial charge in [0.1, 0.15) is 0 Å². The van der Waals surface area contributed by atoms with Crippen molar-refractivity contribution in [1.29, 1.82) is 0 Å². The molecule has 0 aromatic heterocycles. The molecule has 0 rings (SSSR count). The lowest BCUT2D eigenvalue weighted by Gasteiger charge is -2.24. The normalized spacial score (nSPS) is 12.3. The van der Waals surface area contributed by atoms with Gasteiger partial charge in [-0.15, -0.1) is 23.5 Å². The molecular formula is C9H21O3PS2. The first-order valence-corrected chi connectivity index (χ1v) is 8.97. The van der Waals surface area contributed by atoms with Gasteiger partial charge in [0.2, 0.25) is 0 Å². The molecule has 0 bridgehead atoms. The zero-order valence-electron chi connectivity index (χ0n) is 9.89. The molecule has 0 aliphatic carbocycles. The van der Waals surface area contributed by atoms with E-state index in [0.717, 1.165) is 11.5 Å². The third kappa shape index (κ3) is 5.64. The minimum absolute atomic E-state index is 0.0904. The van der Waals surface area contributed by atoms with Gasteiger partial charge in [0, 0.05) is 0 Å². The van der Waals surface area contributed by atoms with Crippen molar-refractivity contribution in [3.63, 3.8) is 0 Å². The maximum atomic E-state index is 12.4. The maximum Gasteiger partial charge on any atom is 0.353 e. The van der Waals surface area contributed by atoms with Crippen molar-refractivity contribution < 1.29 is 13.6 Å². The maximum absolute atomic E-state index is 12.4. The first-order valence-electron chi connectivity index (χ1n) is 5.26. The largest absolute Gasteiger partial charge is 0.353 e. The second kappa shape index (κ2) is 8.94. The first-order chi connectivity index (χ1) is 7.14. The molecule has 0 spiro atoms. The highest BCUT2D eigenvalue weighted by Crippen LogP contribution is 2.61. The highest BCUT2D eigenvalue weighted by atomic mass is 32.2. The van der Waals surface area contributed by atoms with E-state index >= 15 is 0 Å². The van der Waals surface area contributed by atoms with Crippen LogP contribution in [0.2, 0.25) is 0 Å². The van der Waals surface area contributed by atoms with E-state index in [0.29, 0.717) is 13.2 Å². The lowest BCUT2D eigenvalue weighted by Crippen LogP contribution is -2.07. The third-order valence-corrected chi connectivity index (χ3v) is 7.74. The average Bonchev–Trinajstić information content (AvgIpc) is 2.18. The Bertz CT molecular complexity index is 186. The molecule has 0 radical (unpaired) electrons. The molecule has 15 heavy (non-hydrogen) atoms. The van der Waals surface area contributed by atoms with Crippen molar-refractivity contribution >= 4 is 31.1 Å². The molecular weight excluding hydrogens is 251 g/mol.